The SMILES string of the molecule is O=C(Nc1cn(CC(=O)N2C[C@H]3CN(CC4CCC4)C[C@H]3C2)nc1-c1cc(Cl)ccc1OC(F)F)c1cnn2cccnc12. The zero-order valence-electron chi connectivity index (χ0n) is 23.8. The fourth-order valence-electron chi connectivity index (χ4n) is 6.58. The third-order valence-electron chi connectivity index (χ3n) is 8.90. The molecule has 7 rings (SSSR count). The van der Waals surface area contributed by atoms with Crippen molar-refractivity contribution in [3.05, 3.63) is 59.6 Å². The molecule has 3 fully saturated rings. The summed E-state index contributed by atoms with van der Waals surface area (Å²) < 4.78 is 34.2. The van der Waals surface area contributed by atoms with Crippen molar-refractivity contribution in [2.45, 2.75) is 32.4 Å². The highest BCUT2D eigenvalue weighted by molar-refractivity contribution is 6.31. The fraction of sp³-hybridized carbons (Fsp3) is 0.433. The lowest BCUT2D eigenvalue weighted by Gasteiger charge is -2.31. The third kappa shape index (κ3) is 5.73. The summed E-state index contributed by atoms with van der Waals surface area (Å²) in [6.45, 7) is 1.42. The molecule has 44 heavy (non-hydrogen) atoms. The Morgan fingerprint density at radius 3 is 2.66 bits per heavy atom. The number of hydrogen-bond donors (Lipinski definition) is 1. The van der Waals surface area contributed by atoms with Crippen LogP contribution >= 0.6 is 11.6 Å². The zero-order valence-corrected chi connectivity index (χ0v) is 24.5. The number of halogens is 3. The number of benzene rings is 1. The van der Waals surface area contributed by atoms with E-state index in [1.54, 1.807) is 18.5 Å². The summed E-state index contributed by atoms with van der Waals surface area (Å²) in [5, 5.41) is 11.8. The van der Waals surface area contributed by atoms with Gasteiger partial charge in [0, 0.05) is 61.9 Å². The van der Waals surface area contributed by atoms with E-state index in [0.717, 1.165) is 25.6 Å². The van der Waals surface area contributed by atoms with Crippen LogP contribution in [0.2, 0.25) is 5.02 Å². The molecule has 3 aromatic heterocycles. The van der Waals surface area contributed by atoms with Crippen molar-refractivity contribution < 1.29 is 23.1 Å². The standard InChI is InChI=1S/C30H31ClF2N8O3/c31-21-5-6-25(44-30(32)33)22(9-21)27-24(36-29(43)23-10-35-41-8-2-7-34-28(23)41)16-40(37-27)17-26(42)39-14-19-12-38(13-20(19)15-39)11-18-3-1-4-18/h2,5-10,16,18-20,30H,1,3-4,11-15,17H2,(H,36,43)/t19-,20+. The first kappa shape index (κ1) is 28.7. The summed E-state index contributed by atoms with van der Waals surface area (Å²) in [6, 6.07) is 5.84. The van der Waals surface area contributed by atoms with Gasteiger partial charge in [-0.3, -0.25) is 14.3 Å². The van der Waals surface area contributed by atoms with Crippen LogP contribution in [-0.2, 0) is 11.3 Å². The molecule has 2 aliphatic heterocycles. The number of hydrogen-bond acceptors (Lipinski definition) is 7. The van der Waals surface area contributed by atoms with Crippen molar-refractivity contribution in [3.63, 3.8) is 0 Å². The minimum Gasteiger partial charge on any atom is -0.434 e. The number of anilines is 1. The van der Waals surface area contributed by atoms with Gasteiger partial charge in [0.15, 0.2) is 5.65 Å². The van der Waals surface area contributed by atoms with Gasteiger partial charge in [0.25, 0.3) is 5.91 Å². The van der Waals surface area contributed by atoms with Crippen LogP contribution in [0.5, 0.6) is 5.75 Å². The molecule has 0 radical (unpaired) electrons. The van der Waals surface area contributed by atoms with Gasteiger partial charge in [0.1, 0.15) is 23.6 Å². The molecule has 11 nitrogen and oxygen atoms in total. The molecule has 1 aliphatic carbocycles. The van der Waals surface area contributed by atoms with Crippen LogP contribution in [0, 0.1) is 17.8 Å². The minimum absolute atomic E-state index is 0.0853. The van der Waals surface area contributed by atoms with Gasteiger partial charge in [-0.1, -0.05) is 18.0 Å². The average Bonchev–Trinajstić information content (AvgIpc) is 3.74. The topological polar surface area (TPSA) is 110 Å². The maximum Gasteiger partial charge on any atom is 0.387 e. The molecule has 4 aromatic rings. The molecule has 2 amide bonds. The number of nitrogens with one attached hydrogen (secondary N) is 1. The number of likely N-dealkylation sites (tertiary alicyclic amines) is 2. The van der Waals surface area contributed by atoms with E-state index in [4.69, 9.17) is 16.3 Å². The van der Waals surface area contributed by atoms with Gasteiger partial charge >= 0.3 is 6.61 Å². The van der Waals surface area contributed by atoms with Gasteiger partial charge in [-0.25, -0.2) is 9.50 Å². The Morgan fingerprint density at radius 1 is 1.14 bits per heavy atom. The third-order valence-corrected chi connectivity index (χ3v) is 9.13. The average molecular weight is 625 g/mol. The Labute approximate surface area is 256 Å². The second kappa shape index (κ2) is 11.8. The number of carbonyl (C=O) groups excluding carboxylic acids is 2. The van der Waals surface area contributed by atoms with E-state index in [1.807, 2.05) is 4.90 Å². The molecule has 1 saturated carbocycles. The van der Waals surface area contributed by atoms with Gasteiger partial charge in [-0.2, -0.15) is 19.0 Å². The summed E-state index contributed by atoms with van der Waals surface area (Å²) in [4.78, 5) is 35.5. The van der Waals surface area contributed by atoms with E-state index in [0.29, 0.717) is 30.6 Å². The number of rotatable bonds is 9. The molecule has 1 aromatic carbocycles. The lowest BCUT2D eigenvalue weighted by atomic mass is 9.85. The van der Waals surface area contributed by atoms with Crippen LogP contribution in [-0.4, -0.2) is 85.3 Å². The van der Waals surface area contributed by atoms with E-state index in [1.165, 1.54) is 59.1 Å². The van der Waals surface area contributed by atoms with Crippen molar-refractivity contribution in [1.82, 2.24) is 34.2 Å². The molecule has 3 aliphatic rings. The smallest absolute Gasteiger partial charge is 0.387 e. The zero-order chi connectivity index (χ0) is 30.4. The first-order valence-electron chi connectivity index (χ1n) is 14.7. The van der Waals surface area contributed by atoms with Crippen LogP contribution in [0.25, 0.3) is 16.9 Å². The Hall–Kier alpha value is -4.10. The second-order valence-electron chi connectivity index (χ2n) is 11.8. The van der Waals surface area contributed by atoms with Crippen molar-refractivity contribution in [2.24, 2.45) is 17.8 Å². The normalized spacial score (nSPS) is 20.3. The molecule has 0 bridgehead atoms. The van der Waals surface area contributed by atoms with Gasteiger partial charge < -0.3 is 19.9 Å². The summed E-state index contributed by atoms with van der Waals surface area (Å²) in [7, 11) is 0. The Kier molecular flexibility index (Phi) is 7.67. The first-order valence-corrected chi connectivity index (χ1v) is 15.1. The predicted octanol–water partition coefficient (Wildman–Crippen LogP) is 4.29. The Bertz CT molecular complexity index is 1690. The first-order chi connectivity index (χ1) is 21.3. The van der Waals surface area contributed by atoms with Gasteiger partial charge in [0.05, 0.1) is 11.9 Å². The number of fused-ring (bicyclic) bond motifs is 2. The number of carbonyl (C=O) groups is 2. The Balaban J connectivity index is 1.12. The molecule has 2 atom stereocenters. The molecule has 5 heterocycles. The molecule has 230 valence electrons. The van der Waals surface area contributed by atoms with Crippen LogP contribution in [0.4, 0.5) is 14.5 Å². The van der Waals surface area contributed by atoms with E-state index < -0.39 is 12.5 Å². The van der Waals surface area contributed by atoms with Crippen LogP contribution in [0.15, 0.2) is 49.1 Å². The van der Waals surface area contributed by atoms with E-state index in [9.17, 15) is 18.4 Å². The lowest BCUT2D eigenvalue weighted by molar-refractivity contribution is -0.131. The van der Waals surface area contributed by atoms with E-state index in [2.05, 4.69) is 25.4 Å². The summed E-state index contributed by atoms with van der Waals surface area (Å²) in [5.41, 5.74) is 0.984. The fourth-order valence-corrected chi connectivity index (χ4v) is 6.75. The molecular formula is C30H31ClF2N8O3. The molecule has 0 spiro atoms. The van der Waals surface area contributed by atoms with Gasteiger partial charge in [-0.05, 0) is 54.9 Å². The molecular weight excluding hydrogens is 594 g/mol. The highest BCUT2D eigenvalue weighted by atomic mass is 35.5. The number of nitrogens with zero attached hydrogens (tertiary/aromatic N) is 7. The molecule has 1 N–H and O–H groups in total. The predicted molar refractivity (Wildman–Crippen MR) is 158 cm³/mol. The van der Waals surface area contributed by atoms with Gasteiger partial charge in [0.2, 0.25) is 5.91 Å². The van der Waals surface area contributed by atoms with Crippen molar-refractivity contribution >= 4 is 34.7 Å². The minimum atomic E-state index is -3.10. The summed E-state index contributed by atoms with van der Waals surface area (Å²) in [6.07, 6.45) is 10.1. The van der Waals surface area contributed by atoms with Crippen LogP contribution in [0.3, 0.4) is 0 Å². The molecule has 2 saturated heterocycles. The largest absolute Gasteiger partial charge is 0.434 e. The van der Waals surface area contributed by atoms with Crippen molar-refractivity contribution in [2.75, 3.05) is 38.0 Å². The maximum absolute atomic E-state index is 13.4. The number of ether oxygens (including phenoxy) is 1. The Morgan fingerprint density at radius 2 is 1.93 bits per heavy atom. The number of aromatic nitrogens is 5. The van der Waals surface area contributed by atoms with E-state index >= 15 is 0 Å². The number of alkyl halides is 2. The highest BCUT2D eigenvalue weighted by Gasteiger charge is 2.42. The second-order valence-corrected chi connectivity index (χ2v) is 12.3. The van der Waals surface area contributed by atoms with Crippen LogP contribution < -0.4 is 10.1 Å². The summed E-state index contributed by atoms with van der Waals surface area (Å²) >= 11 is 6.23. The quantitative estimate of drug-likeness (QED) is 0.296. The monoisotopic (exact) mass is 624 g/mol. The van der Waals surface area contributed by atoms with Crippen LogP contribution in [0.1, 0.15) is 29.6 Å². The number of amides is 2. The van der Waals surface area contributed by atoms with E-state index in [-0.39, 0.29) is 45.7 Å². The van der Waals surface area contributed by atoms with Crippen molar-refractivity contribution in [3.8, 4) is 17.0 Å². The van der Waals surface area contributed by atoms with Gasteiger partial charge in [-0.15, -0.1) is 0 Å². The lowest BCUT2D eigenvalue weighted by Crippen LogP contribution is -2.37. The highest BCUT2D eigenvalue weighted by Crippen LogP contribution is 2.38. The molecule has 14 heteroatoms. The maximum atomic E-state index is 13.4. The molecule has 0 unspecified atom stereocenters. The van der Waals surface area contributed by atoms with Crippen molar-refractivity contribution in [1.29, 1.82) is 0 Å². The summed E-state index contributed by atoms with van der Waals surface area (Å²) in [5.74, 6) is 0.935.